The summed E-state index contributed by atoms with van der Waals surface area (Å²) >= 11 is 0. The molecule has 0 aliphatic rings. The highest BCUT2D eigenvalue weighted by Gasteiger charge is 1.98. The Hall–Kier alpha value is -2.04. The van der Waals surface area contributed by atoms with Crippen LogP contribution >= 0.6 is 0 Å². The second-order valence-electron chi connectivity index (χ2n) is 4.97. The van der Waals surface area contributed by atoms with E-state index in [4.69, 9.17) is 15.9 Å². The van der Waals surface area contributed by atoms with E-state index in [0.717, 1.165) is 24.9 Å². The molecule has 0 aliphatic heterocycles. The fourth-order valence-electron chi connectivity index (χ4n) is 1.65. The smallest absolute Gasteiger partial charge is 0.303 e. The second-order valence-corrected chi connectivity index (χ2v) is 4.97. The monoisotopic (exact) mass is 295 g/mol. The highest BCUT2D eigenvalue weighted by atomic mass is 16.4. The minimum absolute atomic E-state index is 0.221. The lowest BCUT2D eigenvalue weighted by atomic mass is 10.1. The molecular formula is C16H25NO4. The third-order valence-corrected chi connectivity index (χ3v) is 2.86. The number of unbranched alkanes of at least 4 members (excludes halogenated alkanes) is 4. The van der Waals surface area contributed by atoms with Gasteiger partial charge < -0.3 is 15.9 Å². The van der Waals surface area contributed by atoms with Crippen LogP contribution in [0.5, 0.6) is 0 Å². The molecule has 1 rings (SSSR count). The maximum Gasteiger partial charge on any atom is 0.303 e. The molecule has 0 aliphatic carbocycles. The van der Waals surface area contributed by atoms with Gasteiger partial charge in [-0.15, -0.1) is 0 Å². The highest BCUT2D eigenvalue weighted by molar-refractivity contribution is 5.66. The number of benzene rings is 1. The Kier molecular flexibility index (Phi) is 10.6. The molecule has 1 aromatic carbocycles. The van der Waals surface area contributed by atoms with Crippen molar-refractivity contribution in [3.05, 3.63) is 29.8 Å². The number of carboxylic acids is 2. The van der Waals surface area contributed by atoms with Crippen molar-refractivity contribution < 1.29 is 19.8 Å². The maximum absolute atomic E-state index is 10.1. The van der Waals surface area contributed by atoms with E-state index >= 15 is 0 Å². The number of anilines is 1. The van der Waals surface area contributed by atoms with Gasteiger partial charge in [0.25, 0.3) is 0 Å². The van der Waals surface area contributed by atoms with E-state index < -0.39 is 11.9 Å². The number of nitrogens with two attached hydrogens (primary N) is 1. The fraction of sp³-hybridized carbons (Fsp3) is 0.500. The van der Waals surface area contributed by atoms with Crippen LogP contribution in [-0.4, -0.2) is 22.2 Å². The van der Waals surface area contributed by atoms with Gasteiger partial charge in [0.2, 0.25) is 0 Å². The molecule has 0 aromatic heterocycles. The van der Waals surface area contributed by atoms with Crippen LogP contribution in [0.15, 0.2) is 24.3 Å². The van der Waals surface area contributed by atoms with Gasteiger partial charge in [0.05, 0.1) is 0 Å². The number of carbonyl (C=O) groups is 2. The molecule has 5 heteroatoms. The first kappa shape index (κ1) is 19.0. The number of hydrogen-bond acceptors (Lipinski definition) is 3. The van der Waals surface area contributed by atoms with E-state index in [-0.39, 0.29) is 12.8 Å². The van der Waals surface area contributed by atoms with Crippen LogP contribution in [0, 0.1) is 6.92 Å². The molecule has 5 nitrogen and oxygen atoms in total. The zero-order valence-electron chi connectivity index (χ0n) is 12.5. The van der Waals surface area contributed by atoms with Crippen LogP contribution in [0.3, 0.4) is 0 Å². The number of nitrogen functional groups attached to an aromatic ring is 1. The molecule has 0 saturated heterocycles. The summed E-state index contributed by atoms with van der Waals surface area (Å²) in [6.45, 7) is 2.04. The van der Waals surface area contributed by atoms with Crippen LogP contribution in [0.1, 0.15) is 50.5 Å². The minimum Gasteiger partial charge on any atom is -0.481 e. The topological polar surface area (TPSA) is 101 Å². The lowest BCUT2D eigenvalue weighted by molar-refractivity contribution is -0.138. The molecule has 21 heavy (non-hydrogen) atoms. The molecule has 0 spiro atoms. The lowest BCUT2D eigenvalue weighted by Crippen LogP contribution is -1.95. The van der Waals surface area contributed by atoms with Crippen LogP contribution < -0.4 is 5.73 Å². The third kappa shape index (κ3) is 14.2. The third-order valence-electron chi connectivity index (χ3n) is 2.86. The average molecular weight is 295 g/mol. The van der Waals surface area contributed by atoms with Gasteiger partial charge >= 0.3 is 11.9 Å². The summed E-state index contributed by atoms with van der Waals surface area (Å²) in [7, 11) is 0. The first-order chi connectivity index (χ1) is 9.91. The number of rotatable bonds is 8. The van der Waals surface area contributed by atoms with Crippen LogP contribution in [0.25, 0.3) is 0 Å². The van der Waals surface area contributed by atoms with Crippen LogP contribution in [0.4, 0.5) is 5.69 Å². The van der Waals surface area contributed by atoms with Crippen molar-refractivity contribution in [1.29, 1.82) is 0 Å². The Morgan fingerprint density at radius 3 is 1.57 bits per heavy atom. The van der Waals surface area contributed by atoms with Crippen molar-refractivity contribution in [2.75, 3.05) is 5.73 Å². The molecule has 0 amide bonds. The van der Waals surface area contributed by atoms with E-state index in [1.54, 1.807) is 0 Å². The summed E-state index contributed by atoms with van der Waals surface area (Å²) in [6.07, 6.45) is 4.53. The first-order valence-corrected chi connectivity index (χ1v) is 7.17. The molecule has 0 bridgehead atoms. The van der Waals surface area contributed by atoms with Crippen molar-refractivity contribution >= 4 is 17.6 Å². The predicted molar refractivity (Wildman–Crippen MR) is 83.2 cm³/mol. The molecule has 0 saturated carbocycles. The van der Waals surface area contributed by atoms with E-state index in [1.807, 2.05) is 31.2 Å². The zero-order valence-corrected chi connectivity index (χ0v) is 12.5. The summed E-state index contributed by atoms with van der Waals surface area (Å²) in [5, 5.41) is 16.6. The standard InChI is InChI=1S/C9H16O4.C7H9N/c10-8(11)6-4-2-1-3-5-7-9(12)13;1-6-2-4-7(8)5-3-6/h1-7H2,(H,10,11)(H,12,13);2-5H,8H2,1H3. The average Bonchev–Trinajstić information content (AvgIpc) is 2.41. The van der Waals surface area contributed by atoms with Gasteiger partial charge in [0.1, 0.15) is 0 Å². The molecule has 0 heterocycles. The summed E-state index contributed by atoms with van der Waals surface area (Å²) in [6, 6.07) is 7.79. The van der Waals surface area contributed by atoms with E-state index in [9.17, 15) is 9.59 Å². The minimum atomic E-state index is -0.759. The SMILES string of the molecule is Cc1ccc(N)cc1.O=C(O)CCCCCCCC(=O)O. The molecule has 1 aromatic rings. The lowest BCUT2D eigenvalue weighted by Gasteiger charge is -1.97. The van der Waals surface area contributed by atoms with E-state index in [0.29, 0.717) is 12.8 Å². The summed E-state index contributed by atoms with van der Waals surface area (Å²) in [5.74, 6) is -1.52. The van der Waals surface area contributed by atoms with Gasteiger partial charge in [-0.2, -0.15) is 0 Å². The number of hydrogen-bond donors (Lipinski definition) is 3. The Balaban J connectivity index is 0.000000423. The Morgan fingerprint density at radius 1 is 0.857 bits per heavy atom. The molecule has 4 N–H and O–H groups in total. The highest BCUT2D eigenvalue weighted by Crippen LogP contribution is 2.06. The van der Waals surface area contributed by atoms with E-state index in [2.05, 4.69) is 0 Å². The van der Waals surface area contributed by atoms with Gasteiger partial charge in [-0.1, -0.05) is 37.0 Å². The van der Waals surface area contributed by atoms with Crippen molar-refractivity contribution in [3.8, 4) is 0 Å². The molecule has 0 radical (unpaired) electrons. The largest absolute Gasteiger partial charge is 0.481 e. The Morgan fingerprint density at radius 2 is 1.24 bits per heavy atom. The fourth-order valence-corrected chi connectivity index (χ4v) is 1.65. The van der Waals surface area contributed by atoms with Gasteiger partial charge in [-0.05, 0) is 31.9 Å². The maximum atomic E-state index is 10.1. The second kappa shape index (κ2) is 11.8. The molecule has 0 unspecified atom stereocenters. The molecule has 0 fully saturated rings. The molecule has 0 atom stereocenters. The normalized spacial score (nSPS) is 9.57. The summed E-state index contributed by atoms with van der Waals surface area (Å²) in [5.41, 5.74) is 7.51. The first-order valence-electron chi connectivity index (χ1n) is 7.17. The number of carboxylic acid groups (broad SMARTS) is 2. The number of aryl methyl sites for hydroxylation is 1. The molecular weight excluding hydrogens is 270 g/mol. The van der Waals surface area contributed by atoms with Gasteiger partial charge in [-0.25, -0.2) is 0 Å². The van der Waals surface area contributed by atoms with Gasteiger partial charge in [0, 0.05) is 18.5 Å². The van der Waals surface area contributed by atoms with Crippen molar-refractivity contribution in [2.45, 2.75) is 51.9 Å². The van der Waals surface area contributed by atoms with Crippen LogP contribution in [0.2, 0.25) is 0 Å². The van der Waals surface area contributed by atoms with Crippen LogP contribution in [-0.2, 0) is 9.59 Å². The Labute approximate surface area is 125 Å². The summed E-state index contributed by atoms with van der Waals surface area (Å²) in [4.78, 5) is 20.2. The zero-order chi connectivity index (χ0) is 16.1. The van der Waals surface area contributed by atoms with Crippen molar-refractivity contribution in [2.24, 2.45) is 0 Å². The Bertz CT molecular complexity index is 376. The predicted octanol–water partition coefficient (Wildman–Crippen LogP) is 3.46. The number of aliphatic carboxylic acids is 2. The quantitative estimate of drug-likeness (QED) is 0.503. The summed E-state index contributed by atoms with van der Waals surface area (Å²) < 4.78 is 0. The van der Waals surface area contributed by atoms with Gasteiger partial charge in [-0.3, -0.25) is 9.59 Å². The van der Waals surface area contributed by atoms with E-state index in [1.165, 1.54) is 5.56 Å². The molecule has 118 valence electrons. The van der Waals surface area contributed by atoms with Crippen molar-refractivity contribution in [3.63, 3.8) is 0 Å². The van der Waals surface area contributed by atoms with Gasteiger partial charge in [0.15, 0.2) is 0 Å². The van der Waals surface area contributed by atoms with Crippen molar-refractivity contribution in [1.82, 2.24) is 0 Å².